The summed E-state index contributed by atoms with van der Waals surface area (Å²) in [4.78, 5) is 4.18. The Labute approximate surface area is 127 Å². The number of halogens is 2. The maximum absolute atomic E-state index is 6.18. The SMILES string of the molecule is NCc1cc(Cl)cc(Cl)c1OCc1cncn1C1CC1. The van der Waals surface area contributed by atoms with Crippen LogP contribution >= 0.6 is 23.2 Å². The Morgan fingerprint density at radius 1 is 1.35 bits per heavy atom. The summed E-state index contributed by atoms with van der Waals surface area (Å²) >= 11 is 12.1. The number of hydrogen-bond donors (Lipinski definition) is 1. The van der Waals surface area contributed by atoms with Crippen LogP contribution in [0.15, 0.2) is 24.7 Å². The van der Waals surface area contributed by atoms with Crippen molar-refractivity contribution in [1.82, 2.24) is 9.55 Å². The highest BCUT2D eigenvalue weighted by Gasteiger charge is 2.25. The van der Waals surface area contributed by atoms with E-state index in [0.717, 1.165) is 11.3 Å². The Kier molecular flexibility index (Phi) is 3.87. The fourth-order valence-corrected chi connectivity index (χ4v) is 2.79. The van der Waals surface area contributed by atoms with Crippen molar-refractivity contribution in [3.63, 3.8) is 0 Å². The molecule has 0 saturated heterocycles. The second kappa shape index (κ2) is 5.64. The van der Waals surface area contributed by atoms with E-state index in [1.165, 1.54) is 12.8 Å². The third-order valence-corrected chi connectivity index (χ3v) is 3.86. The van der Waals surface area contributed by atoms with Crippen molar-refractivity contribution < 1.29 is 4.74 Å². The molecule has 0 amide bonds. The fraction of sp³-hybridized carbons (Fsp3) is 0.357. The summed E-state index contributed by atoms with van der Waals surface area (Å²) in [6, 6.07) is 4.02. The number of aromatic nitrogens is 2. The summed E-state index contributed by atoms with van der Waals surface area (Å²) in [5.41, 5.74) is 7.56. The van der Waals surface area contributed by atoms with Gasteiger partial charge in [0.05, 0.1) is 23.2 Å². The van der Waals surface area contributed by atoms with Gasteiger partial charge in [-0.25, -0.2) is 4.98 Å². The van der Waals surface area contributed by atoms with Crippen LogP contribution in [0.4, 0.5) is 0 Å². The third-order valence-electron chi connectivity index (χ3n) is 3.36. The zero-order chi connectivity index (χ0) is 14.1. The topological polar surface area (TPSA) is 53.1 Å². The van der Waals surface area contributed by atoms with Gasteiger partial charge in [-0.1, -0.05) is 23.2 Å². The molecule has 20 heavy (non-hydrogen) atoms. The summed E-state index contributed by atoms with van der Waals surface area (Å²) in [6.45, 7) is 0.752. The first-order valence-electron chi connectivity index (χ1n) is 6.50. The van der Waals surface area contributed by atoms with E-state index in [0.29, 0.717) is 35.0 Å². The van der Waals surface area contributed by atoms with Gasteiger partial charge < -0.3 is 15.0 Å². The second-order valence-corrected chi connectivity index (χ2v) is 5.74. The van der Waals surface area contributed by atoms with Crippen LogP contribution in [0.5, 0.6) is 5.75 Å². The summed E-state index contributed by atoms with van der Waals surface area (Å²) < 4.78 is 8.00. The Morgan fingerprint density at radius 3 is 2.85 bits per heavy atom. The van der Waals surface area contributed by atoms with E-state index >= 15 is 0 Å². The molecule has 1 saturated carbocycles. The lowest BCUT2D eigenvalue weighted by molar-refractivity contribution is 0.292. The first-order chi connectivity index (χ1) is 9.69. The molecule has 0 spiro atoms. The molecule has 0 bridgehead atoms. The molecule has 6 heteroatoms. The molecule has 0 unspecified atom stereocenters. The number of benzene rings is 1. The molecule has 1 aliphatic carbocycles. The summed E-state index contributed by atoms with van der Waals surface area (Å²) in [5.74, 6) is 0.599. The molecular weight excluding hydrogens is 297 g/mol. The maximum atomic E-state index is 6.18. The van der Waals surface area contributed by atoms with E-state index in [1.54, 1.807) is 12.1 Å². The van der Waals surface area contributed by atoms with Gasteiger partial charge in [0, 0.05) is 23.2 Å². The molecule has 2 N–H and O–H groups in total. The maximum Gasteiger partial charge on any atom is 0.143 e. The van der Waals surface area contributed by atoms with E-state index in [9.17, 15) is 0 Å². The van der Waals surface area contributed by atoms with Gasteiger partial charge >= 0.3 is 0 Å². The Morgan fingerprint density at radius 2 is 2.15 bits per heavy atom. The molecule has 1 fully saturated rings. The largest absolute Gasteiger partial charge is 0.485 e. The number of nitrogens with zero attached hydrogens (tertiary/aromatic N) is 2. The number of ether oxygens (including phenoxy) is 1. The number of hydrogen-bond acceptors (Lipinski definition) is 3. The van der Waals surface area contributed by atoms with Crippen molar-refractivity contribution in [2.45, 2.75) is 32.0 Å². The molecule has 0 radical (unpaired) electrons. The van der Waals surface area contributed by atoms with Crippen LogP contribution in [0, 0.1) is 0 Å². The number of imidazole rings is 1. The minimum atomic E-state index is 0.331. The molecule has 1 aliphatic rings. The lowest BCUT2D eigenvalue weighted by atomic mass is 10.2. The van der Waals surface area contributed by atoms with E-state index < -0.39 is 0 Å². The second-order valence-electron chi connectivity index (χ2n) is 4.89. The molecule has 0 atom stereocenters. The van der Waals surface area contributed by atoms with Gasteiger partial charge in [0.1, 0.15) is 12.4 Å². The van der Waals surface area contributed by atoms with Crippen molar-refractivity contribution in [3.8, 4) is 5.75 Å². The standard InChI is InChI=1S/C14H15Cl2N3O/c15-10-3-9(5-17)14(13(16)4-10)20-7-12-6-18-8-19(12)11-1-2-11/h3-4,6,8,11H,1-2,5,7,17H2. The van der Waals surface area contributed by atoms with Gasteiger partial charge in [-0.05, 0) is 25.0 Å². The van der Waals surface area contributed by atoms with E-state index in [-0.39, 0.29) is 0 Å². The Balaban J connectivity index is 1.79. The van der Waals surface area contributed by atoms with Gasteiger partial charge in [0.15, 0.2) is 0 Å². The fourth-order valence-electron chi connectivity index (χ4n) is 2.20. The molecule has 1 heterocycles. The summed E-state index contributed by atoms with van der Waals surface area (Å²) in [5, 5.41) is 1.04. The molecule has 3 rings (SSSR count). The average Bonchev–Trinajstić information content (AvgIpc) is 3.16. The van der Waals surface area contributed by atoms with E-state index in [4.69, 9.17) is 33.7 Å². The zero-order valence-electron chi connectivity index (χ0n) is 10.9. The van der Waals surface area contributed by atoms with Crippen LogP contribution in [-0.2, 0) is 13.2 Å². The molecule has 1 aromatic heterocycles. The molecule has 1 aromatic carbocycles. The average molecular weight is 312 g/mol. The van der Waals surface area contributed by atoms with Crippen LogP contribution in [-0.4, -0.2) is 9.55 Å². The van der Waals surface area contributed by atoms with Crippen LogP contribution in [0.2, 0.25) is 10.0 Å². The lowest BCUT2D eigenvalue weighted by Gasteiger charge is -2.13. The minimum absolute atomic E-state index is 0.331. The first-order valence-corrected chi connectivity index (χ1v) is 7.26. The molecule has 106 valence electrons. The normalized spacial score (nSPS) is 14.6. The van der Waals surface area contributed by atoms with Crippen molar-refractivity contribution >= 4 is 23.2 Å². The van der Waals surface area contributed by atoms with Gasteiger partial charge in [-0.3, -0.25) is 0 Å². The zero-order valence-corrected chi connectivity index (χ0v) is 12.4. The van der Waals surface area contributed by atoms with Crippen LogP contribution < -0.4 is 10.5 Å². The van der Waals surface area contributed by atoms with Crippen molar-refractivity contribution in [2.24, 2.45) is 5.73 Å². The van der Waals surface area contributed by atoms with Gasteiger partial charge in [0.2, 0.25) is 0 Å². The highest BCUT2D eigenvalue weighted by molar-refractivity contribution is 6.35. The van der Waals surface area contributed by atoms with E-state index in [2.05, 4.69) is 9.55 Å². The highest BCUT2D eigenvalue weighted by atomic mass is 35.5. The molecule has 4 nitrogen and oxygen atoms in total. The predicted molar refractivity (Wildman–Crippen MR) is 79.2 cm³/mol. The van der Waals surface area contributed by atoms with E-state index in [1.807, 2.05) is 12.5 Å². The van der Waals surface area contributed by atoms with Crippen LogP contribution in [0.25, 0.3) is 0 Å². The Bertz CT molecular complexity index is 623. The quantitative estimate of drug-likeness (QED) is 0.918. The number of rotatable bonds is 5. The van der Waals surface area contributed by atoms with Gasteiger partial charge in [0.25, 0.3) is 0 Å². The van der Waals surface area contributed by atoms with Crippen LogP contribution in [0.1, 0.15) is 30.1 Å². The monoisotopic (exact) mass is 311 g/mol. The van der Waals surface area contributed by atoms with Crippen molar-refractivity contribution in [2.75, 3.05) is 0 Å². The molecular formula is C14H15Cl2N3O. The Hall–Kier alpha value is -1.23. The molecule has 2 aromatic rings. The lowest BCUT2D eigenvalue weighted by Crippen LogP contribution is -2.07. The predicted octanol–water partition coefficient (Wildman–Crippen LogP) is 3.56. The highest BCUT2D eigenvalue weighted by Crippen LogP contribution is 2.36. The van der Waals surface area contributed by atoms with Gasteiger partial charge in [-0.15, -0.1) is 0 Å². The smallest absolute Gasteiger partial charge is 0.143 e. The third kappa shape index (κ3) is 2.77. The van der Waals surface area contributed by atoms with Crippen LogP contribution in [0.3, 0.4) is 0 Å². The molecule has 0 aliphatic heterocycles. The number of nitrogens with two attached hydrogens (primary N) is 1. The summed E-state index contributed by atoms with van der Waals surface area (Å²) in [7, 11) is 0. The first kappa shape index (κ1) is 13.7. The van der Waals surface area contributed by atoms with Crippen molar-refractivity contribution in [3.05, 3.63) is 46.0 Å². The van der Waals surface area contributed by atoms with Gasteiger partial charge in [-0.2, -0.15) is 0 Å². The van der Waals surface area contributed by atoms with Crippen molar-refractivity contribution in [1.29, 1.82) is 0 Å². The minimum Gasteiger partial charge on any atom is -0.485 e. The summed E-state index contributed by atoms with van der Waals surface area (Å²) in [6.07, 6.45) is 6.09.